The van der Waals surface area contributed by atoms with Gasteiger partial charge in [0.25, 0.3) is 0 Å². The lowest BCUT2D eigenvalue weighted by atomic mass is 10.1. The summed E-state index contributed by atoms with van der Waals surface area (Å²) in [6.45, 7) is 4.66. The Morgan fingerprint density at radius 1 is 1.05 bits per heavy atom. The predicted octanol–water partition coefficient (Wildman–Crippen LogP) is 7.75. The third kappa shape index (κ3) is 6.93. The number of nitrogens with one attached hydrogen (secondary N) is 1. The van der Waals surface area contributed by atoms with Gasteiger partial charge in [-0.2, -0.15) is 13.2 Å². The van der Waals surface area contributed by atoms with Crippen molar-refractivity contribution in [2.24, 2.45) is 5.92 Å². The highest BCUT2D eigenvalue weighted by atomic mass is 35.5. The normalized spacial score (nSPS) is 12.4. The number of carbonyl (C=O) groups is 1. The van der Waals surface area contributed by atoms with Crippen molar-refractivity contribution in [1.29, 1.82) is 0 Å². The number of halogens is 4. The van der Waals surface area contributed by atoms with Gasteiger partial charge in [-0.1, -0.05) is 67.5 Å². The molecule has 0 aliphatic carbocycles. The number of rotatable bonds is 9. The van der Waals surface area contributed by atoms with Crippen molar-refractivity contribution in [1.82, 2.24) is 14.8 Å². The largest absolute Gasteiger partial charge is 0.497 e. The molecule has 0 aliphatic rings. The zero-order valence-electron chi connectivity index (χ0n) is 21.4. The topological polar surface area (TPSA) is 69.0 Å². The number of aromatic nitrogens is 3. The van der Waals surface area contributed by atoms with E-state index >= 15 is 0 Å². The first-order chi connectivity index (χ1) is 18.6. The molecule has 1 amide bonds. The molecule has 3 aromatic carbocycles. The number of nitrogens with zero attached hydrogens (tertiary/aromatic N) is 3. The van der Waals surface area contributed by atoms with Crippen LogP contribution in [0.5, 0.6) is 5.75 Å². The minimum Gasteiger partial charge on any atom is -0.497 e. The summed E-state index contributed by atoms with van der Waals surface area (Å²) in [6, 6.07) is 19.5. The first-order valence-electron chi connectivity index (χ1n) is 12.0. The Kier molecular flexibility index (Phi) is 8.87. The standard InChI is InChI=1S/C28H26ClF3N4O2S/c1-17(2)16-36-25(19-9-12-21(38-3)13-10-19)34-35-27(36)39-24(18-7-5-4-6-8-18)26(37)33-23-14-11-20(29)15-22(23)28(30,31)32/h4-15,17,24H,16H2,1-3H3,(H,33,37)/t24-/m0/s1. The van der Waals surface area contributed by atoms with Crippen molar-refractivity contribution in [2.75, 3.05) is 12.4 Å². The molecule has 39 heavy (non-hydrogen) atoms. The van der Waals surface area contributed by atoms with Gasteiger partial charge in [-0.15, -0.1) is 10.2 Å². The summed E-state index contributed by atoms with van der Waals surface area (Å²) >= 11 is 6.93. The molecule has 4 rings (SSSR count). The summed E-state index contributed by atoms with van der Waals surface area (Å²) in [4.78, 5) is 13.6. The Balaban J connectivity index is 1.72. The number of methoxy groups -OCH3 is 1. The molecular weight excluding hydrogens is 549 g/mol. The highest BCUT2D eigenvalue weighted by Gasteiger charge is 2.35. The molecule has 11 heteroatoms. The number of alkyl halides is 3. The summed E-state index contributed by atoms with van der Waals surface area (Å²) in [5.41, 5.74) is 0.0195. The summed E-state index contributed by atoms with van der Waals surface area (Å²) < 4.78 is 48.2. The van der Waals surface area contributed by atoms with Gasteiger partial charge in [0.1, 0.15) is 11.0 Å². The SMILES string of the molecule is COc1ccc(-c2nnc(S[C@H](C(=O)Nc3ccc(Cl)cc3C(F)(F)F)c3ccccc3)n2CC(C)C)cc1. The number of hydrogen-bond acceptors (Lipinski definition) is 5. The Morgan fingerprint density at radius 3 is 2.36 bits per heavy atom. The maximum Gasteiger partial charge on any atom is 0.418 e. The zero-order valence-corrected chi connectivity index (χ0v) is 22.9. The minimum absolute atomic E-state index is 0.0813. The zero-order chi connectivity index (χ0) is 28.2. The summed E-state index contributed by atoms with van der Waals surface area (Å²) in [5.74, 6) is 0.900. The lowest BCUT2D eigenvalue weighted by Crippen LogP contribution is -2.22. The molecule has 0 radical (unpaired) electrons. The van der Waals surface area contributed by atoms with E-state index in [1.165, 1.54) is 6.07 Å². The van der Waals surface area contributed by atoms with Gasteiger partial charge in [0.2, 0.25) is 5.91 Å². The van der Waals surface area contributed by atoms with Crippen LogP contribution in [0, 0.1) is 5.92 Å². The monoisotopic (exact) mass is 574 g/mol. The molecule has 0 spiro atoms. The molecule has 1 aromatic heterocycles. The Bertz CT molecular complexity index is 1430. The van der Waals surface area contributed by atoms with Gasteiger partial charge in [0, 0.05) is 17.1 Å². The second kappa shape index (κ2) is 12.1. The van der Waals surface area contributed by atoms with Crippen LogP contribution in [0.2, 0.25) is 5.02 Å². The Labute approximate surface area is 233 Å². The highest BCUT2D eigenvalue weighted by Crippen LogP contribution is 2.40. The van der Waals surface area contributed by atoms with Crippen LogP contribution >= 0.6 is 23.4 Å². The molecule has 1 atom stereocenters. The first-order valence-corrected chi connectivity index (χ1v) is 13.3. The molecule has 0 saturated carbocycles. The summed E-state index contributed by atoms with van der Waals surface area (Å²) in [5, 5.41) is 10.7. The number of ether oxygens (including phenoxy) is 1. The molecule has 0 saturated heterocycles. The molecule has 204 valence electrons. The molecule has 0 bridgehead atoms. The van der Waals surface area contributed by atoms with Crippen molar-refractivity contribution in [2.45, 2.75) is 37.0 Å². The van der Waals surface area contributed by atoms with Crippen LogP contribution in [0.15, 0.2) is 78.0 Å². The van der Waals surface area contributed by atoms with E-state index < -0.39 is 22.9 Å². The fourth-order valence-corrected chi connectivity index (χ4v) is 5.14. The van der Waals surface area contributed by atoms with Crippen molar-refractivity contribution in [3.63, 3.8) is 0 Å². The highest BCUT2D eigenvalue weighted by molar-refractivity contribution is 8.00. The van der Waals surface area contributed by atoms with Crippen LogP contribution in [0.25, 0.3) is 11.4 Å². The second-order valence-corrected chi connectivity index (χ2v) is 10.6. The van der Waals surface area contributed by atoms with Crippen LogP contribution < -0.4 is 10.1 Å². The Hall–Kier alpha value is -3.50. The van der Waals surface area contributed by atoms with Crippen molar-refractivity contribution >= 4 is 35.0 Å². The molecule has 0 aliphatic heterocycles. The number of thioether (sulfide) groups is 1. The maximum absolute atomic E-state index is 13.7. The molecule has 4 aromatic rings. The van der Waals surface area contributed by atoms with Crippen molar-refractivity contribution < 1.29 is 22.7 Å². The number of benzene rings is 3. The van der Waals surface area contributed by atoms with Crippen molar-refractivity contribution in [3.05, 3.63) is 88.9 Å². The van der Waals surface area contributed by atoms with Gasteiger partial charge in [-0.05, 0) is 53.9 Å². The quantitative estimate of drug-likeness (QED) is 0.207. The van der Waals surface area contributed by atoms with Crippen LogP contribution in [0.3, 0.4) is 0 Å². The molecule has 0 unspecified atom stereocenters. The molecule has 1 N–H and O–H groups in total. The smallest absolute Gasteiger partial charge is 0.418 e. The predicted molar refractivity (Wildman–Crippen MR) is 147 cm³/mol. The molecule has 0 fully saturated rings. The number of hydrogen-bond donors (Lipinski definition) is 1. The lowest BCUT2D eigenvalue weighted by molar-refractivity contribution is -0.137. The van der Waals surface area contributed by atoms with E-state index in [1.807, 2.05) is 42.7 Å². The molecular formula is C28H26ClF3N4O2S. The maximum atomic E-state index is 13.7. The average Bonchev–Trinajstić information content (AvgIpc) is 3.29. The van der Waals surface area contributed by atoms with E-state index in [0.29, 0.717) is 28.8 Å². The van der Waals surface area contributed by atoms with Crippen LogP contribution in [-0.2, 0) is 17.5 Å². The van der Waals surface area contributed by atoms with Gasteiger partial charge in [-0.25, -0.2) is 0 Å². The molecule has 1 heterocycles. The second-order valence-electron chi connectivity index (χ2n) is 9.12. The van der Waals surface area contributed by atoms with E-state index in [2.05, 4.69) is 15.5 Å². The van der Waals surface area contributed by atoms with E-state index in [4.69, 9.17) is 16.3 Å². The van der Waals surface area contributed by atoms with Gasteiger partial charge in [-0.3, -0.25) is 4.79 Å². The van der Waals surface area contributed by atoms with Crippen molar-refractivity contribution in [3.8, 4) is 17.1 Å². The fourth-order valence-electron chi connectivity index (χ4n) is 3.92. The lowest BCUT2D eigenvalue weighted by Gasteiger charge is -2.20. The van der Waals surface area contributed by atoms with E-state index in [1.54, 1.807) is 37.4 Å². The summed E-state index contributed by atoms with van der Waals surface area (Å²) in [6.07, 6.45) is -4.70. The van der Waals surface area contributed by atoms with Gasteiger partial charge < -0.3 is 14.6 Å². The number of carbonyl (C=O) groups excluding carboxylic acids is 1. The van der Waals surface area contributed by atoms with Gasteiger partial charge in [0.15, 0.2) is 11.0 Å². The van der Waals surface area contributed by atoms with E-state index in [-0.39, 0.29) is 16.6 Å². The third-order valence-electron chi connectivity index (χ3n) is 5.72. The number of amides is 1. The third-order valence-corrected chi connectivity index (χ3v) is 7.19. The van der Waals surface area contributed by atoms with Gasteiger partial charge in [0.05, 0.1) is 18.4 Å². The van der Waals surface area contributed by atoms with E-state index in [9.17, 15) is 18.0 Å². The molecule has 6 nitrogen and oxygen atoms in total. The van der Waals surface area contributed by atoms with Crippen LogP contribution in [-0.4, -0.2) is 27.8 Å². The fraction of sp³-hybridized carbons (Fsp3) is 0.250. The Morgan fingerprint density at radius 2 is 1.74 bits per heavy atom. The number of anilines is 1. The van der Waals surface area contributed by atoms with Crippen LogP contribution in [0.4, 0.5) is 18.9 Å². The van der Waals surface area contributed by atoms with Gasteiger partial charge >= 0.3 is 6.18 Å². The minimum atomic E-state index is -4.70. The van der Waals surface area contributed by atoms with E-state index in [0.717, 1.165) is 29.5 Å². The van der Waals surface area contributed by atoms with Crippen LogP contribution in [0.1, 0.15) is 30.2 Å². The average molecular weight is 575 g/mol. The first kappa shape index (κ1) is 28.5. The summed E-state index contributed by atoms with van der Waals surface area (Å²) in [7, 11) is 1.58.